The van der Waals surface area contributed by atoms with Crippen molar-refractivity contribution in [2.75, 3.05) is 6.54 Å². The molecule has 1 aliphatic heterocycles. The van der Waals surface area contributed by atoms with Gasteiger partial charge in [-0.25, -0.2) is 0 Å². The molecule has 3 rings (SSSR count). The number of rotatable bonds is 4. The van der Waals surface area contributed by atoms with Gasteiger partial charge in [0.2, 0.25) is 5.91 Å². The summed E-state index contributed by atoms with van der Waals surface area (Å²) in [5.74, 6) is -0.0392. The van der Waals surface area contributed by atoms with Gasteiger partial charge in [0.15, 0.2) is 0 Å². The molecular formula is C18H22N4O2. The number of aryl methyl sites for hydroxylation is 1. The summed E-state index contributed by atoms with van der Waals surface area (Å²) in [5.41, 5.74) is 2.38. The molecule has 3 heterocycles. The standard InChI is InChI=1S/C18H22N4O2/c1-13(23)19-12-14-6-3-7-15(20-14)16-8-5-11-22(16)18(24)17-9-4-10-21(17)2/h3-4,6-7,9-10,16H,5,8,11-12H2,1-2H3,(H,19,23). The second-order valence-corrected chi connectivity index (χ2v) is 6.12. The van der Waals surface area contributed by atoms with Crippen LogP contribution in [0.15, 0.2) is 36.5 Å². The van der Waals surface area contributed by atoms with Gasteiger partial charge in [0, 0.05) is 26.7 Å². The van der Waals surface area contributed by atoms with Crippen LogP contribution in [0.3, 0.4) is 0 Å². The third-order valence-corrected chi connectivity index (χ3v) is 4.36. The van der Waals surface area contributed by atoms with Crippen molar-refractivity contribution in [1.29, 1.82) is 0 Å². The summed E-state index contributed by atoms with van der Waals surface area (Å²) in [6.45, 7) is 2.63. The number of likely N-dealkylation sites (tertiary alicyclic amines) is 1. The average Bonchev–Trinajstić information content (AvgIpc) is 3.21. The molecule has 1 N–H and O–H groups in total. The SMILES string of the molecule is CC(=O)NCc1cccc(C2CCCN2C(=O)c2cccn2C)n1. The van der Waals surface area contributed by atoms with E-state index in [1.165, 1.54) is 6.92 Å². The lowest BCUT2D eigenvalue weighted by atomic mass is 10.1. The highest BCUT2D eigenvalue weighted by molar-refractivity contribution is 5.93. The maximum Gasteiger partial charge on any atom is 0.271 e. The van der Waals surface area contributed by atoms with Gasteiger partial charge in [-0.05, 0) is 37.1 Å². The maximum absolute atomic E-state index is 12.8. The van der Waals surface area contributed by atoms with E-state index in [1.54, 1.807) is 0 Å². The second-order valence-electron chi connectivity index (χ2n) is 6.12. The normalized spacial score (nSPS) is 17.1. The number of carbonyl (C=O) groups is 2. The van der Waals surface area contributed by atoms with Crippen molar-refractivity contribution in [3.63, 3.8) is 0 Å². The topological polar surface area (TPSA) is 67.2 Å². The fraction of sp³-hybridized carbons (Fsp3) is 0.389. The zero-order chi connectivity index (χ0) is 17.1. The zero-order valence-electron chi connectivity index (χ0n) is 14.0. The molecule has 2 aromatic rings. The number of aromatic nitrogens is 2. The lowest BCUT2D eigenvalue weighted by Crippen LogP contribution is -2.32. The molecular weight excluding hydrogens is 304 g/mol. The van der Waals surface area contributed by atoms with E-state index < -0.39 is 0 Å². The molecule has 6 nitrogen and oxygen atoms in total. The van der Waals surface area contributed by atoms with E-state index >= 15 is 0 Å². The molecule has 0 aliphatic carbocycles. The highest BCUT2D eigenvalue weighted by atomic mass is 16.2. The molecule has 1 fully saturated rings. The molecule has 6 heteroatoms. The van der Waals surface area contributed by atoms with Crippen LogP contribution in [0.1, 0.15) is 47.7 Å². The van der Waals surface area contributed by atoms with E-state index in [0.717, 1.165) is 30.8 Å². The summed E-state index contributed by atoms with van der Waals surface area (Å²) in [6.07, 6.45) is 3.76. The highest BCUT2D eigenvalue weighted by Crippen LogP contribution is 2.32. The van der Waals surface area contributed by atoms with Gasteiger partial charge < -0.3 is 14.8 Å². The molecule has 1 saturated heterocycles. The first-order chi connectivity index (χ1) is 11.6. The molecule has 0 saturated carbocycles. The van der Waals surface area contributed by atoms with Crippen LogP contribution < -0.4 is 5.32 Å². The minimum absolute atomic E-state index is 0.00956. The molecule has 2 amide bonds. The summed E-state index contributed by atoms with van der Waals surface area (Å²) in [4.78, 5) is 30.5. The molecule has 0 aromatic carbocycles. The minimum atomic E-state index is -0.0800. The van der Waals surface area contributed by atoms with Crippen molar-refractivity contribution >= 4 is 11.8 Å². The van der Waals surface area contributed by atoms with Gasteiger partial charge in [-0.3, -0.25) is 14.6 Å². The Balaban J connectivity index is 1.80. The number of carbonyl (C=O) groups excluding carboxylic acids is 2. The first kappa shape index (κ1) is 16.2. The first-order valence-electron chi connectivity index (χ1n) is 8.19. The van der Waals surface area contributed by atoms with Gasteiger partial charge in [-0.1, -0.05) is 6.07 Å². The Morgan fingerprint density at radius 3 is 2.83 bits per heavy atom. The van der Waals surface area contributed by atoms with E-state index in [4.69, 9.17) is 0 Å². The Hall–Kier alpha value is -2.63. The molecule has 0 spiro atoms. The molecule has 1 aliphatic rings. The molecule has 1 atom stereocenters. The van der Waals surface area contributed by atoms with Crippen LogP contribution in [0.2, 0.25) is 0 Å². The summed E-state index contributed by atoms with van der Waals surface area (Å²) >= 11 is 0. The molecule has 0 radical (unpaired) electrons. The van der Waals surface area contributed by atoms with Gasteiger partial charge >= 0.3 is 0 Å². The maximum atomic E-state index is 12.8. The van der Waals surface area contributed by atoms with Gasteiger partial charge in [-0.2, -0.15) is 0 Å². The first-order valence-corrected chi connectivity index (χ1v) is 8.19. The molecule has 24 heavy (non-hydrogen) atoms. The zero-order valence-corrected chi connectivity index (χ0v) is 14.0. The third-order valence-electron chi connectivity index (χ3n) is 4.36. The van der Waals surface area contributed by atoms with Crippen LogP contribution in [0.5, 0.6) is 0 Å². The summed E-state index contributed by atoms with van der Waals surface area (Å²) in [7, 11) is 1.88. The summed E-state index contributed by atoms with van der Waals surface area (Å²) in [6, 6.07) is 9.49. The Bertz CT molecular complexity index is 753. The summed E-state index contributed by atoms with van der Waals surface area (Å²) < 4.78 is 1.85. The predicted octanol–water partition coefficient (Wildman–Crippen LogP) is 2.03. The lowest BCUT2D eigenvalue weighted by Gasteiger charge is -2.25. The van der Waals surface area contributed by atoms with Crippen molar-refractivity contribution in [2.24, 2.45) is 7.05 Å². The van der Waals surface area contributed by atoms with Gasteiger partial charge in [0.1, 0.15) is 5.69 Å². The second kappa shape index (κ2) is 6.86. The fourth-order valence-electron chi connectivity index (χ4n) is 3.14. The lowest BCUT2D eigenvalue weighted by molar-refractivity contribution is -0.119. The van der Waals surface area contributed by atoms with Crippen molar-refractivity contribution in [3.05, 3.63) is 53.6 Å². The van der Waals surface area contributed by atoms with Crippen molar-refractivity contribution < 1.29 is 9.59 Å². The number of hydrogen-bond acceptors (Lipinski definition) is 3. The Kier molecular flexibility index (Phi) is 4.64. The van der Waals surface area contributed by atoms with E-state index in [1.807, 2.05) is 53.0 Å². The van der Waals surface area contributed by atoms with Crippen LogP contribution in [-0.2, 0) is 18.4 Å². The van der Waals surface area contributed by atoms with Crippen LogP contribution in [-0.4, -0.2) is 32.8 Å². The van der Waals surface area contributed by atoms with Gasteiger partial charge in [0.05, 0.1) is 24.0 Å². The Labute approximate surface area is 141 Å². The van der Waals surface area contributed by atoms with E-state index in [9.17, 15) is 9.59 Å². The van der Waals surface area contributed by atoms with Crippen LogP contribution in [0.25, 0.3) is 0 Å². The number of pyridine rings is 1. The Morgan fingerprint density at radius 2 is 2.12 bits per heavy atom. The highest BCUT2D eigenvalue weighted by Gasteiger charge is 2.32. The van der Waals surface area contributed by atoms with Crippen molar-refractivity contribution in [1.82, 2.24) is 19.8 Å². The van der Waals surface area contributed by atoms with Crippen LogP contribution in [0.4, 0.5) is 0 Å². The Morgan fingerprint density at radius 1 is 1.29 bits per heavy atom. The number of nitrogens with one attached hydrogen (secondary N) is 1. The average molecular weight is 326 g/mol. The number of nitrogens with zero attached hydrogens (tertiary/aromatic N) is 3. The molecule has 126 valence electrons. The summed E-state index contributed by atoms with van der Waals surface area (Å²) in [5, 5.41) is 2.76. The smallest absolute Gasteiger partial charge is 0.271 e. The van der Waals surface area contributed by atoms with E-state index in [-0.39, 0.29) is 17.9 Å². The quantitative estimate of drug-likeness (QED) is 0.935. The van der Waals surface area contributed by atoms with Crippen molar-refractivity contribution in [3.8, 4) is 0 Å². The minimum Gasteiger partial charge on any atom is -0.351 e. The molecule has 1 unspecified atom stereocenters. The molecule has 2 aromatic heterocycles. The number of hydrogen-bond donors (Lipinski definition) is 1. The van der Waals surface area contributed by atoms with Crippen molar-refractivity contribution in [2.45, 2.75) is 32.4 Å². The molecule has 0 bridgehead atoms. The van der Waals surface area contributed by atoms with Gasteiger partial charge in [-0.15, -0.1) is 0 Å². The predicted molar refractivity (Wildman–Crippen MR) is 90.2 cm³/mol. The third kappa shape index (κ3) is 3.32. The van der Waals surface area contributed by atoms with E-state index in [2.05, 4.69) is 10.3 Å². The van der Waals surface area contributed by atoms with E-state index in [0.29, 0.717) is 12.2 Å². The van der Waals surface area contributed by atoms with Crippen LogP contribution >= 0.6 is 0 Å². The fourth-order valence-corrected chi connectivity index (χ4v) is 3.14. The number of amides is 2. The van der Waals surface area contributed by atoms with Gasteiger partial charge in [0.25, 0.3) is 5.91 Å². The van der Waals surface area contributed by atoms with Crippen LogP contribution in [0, 0.1) is 0 Å². The monoisotopic (exact) mass is 326 g/mol. The largest absolute Gasteiger partial charge is 0.351 e.